The van der Waals surface area contributed by atoms with Crippen molar-refractivity contribution in [1.82, 2.24) is 4.90 Å². The fourth-order valence-electron chi connectivity index (χ4n) is 1.90. The third kappa shape index (κ3) is 4.36. The molecule has 0 aliphatic heterocycles. The Bertz CT molecular complexity index is 589. The molecule has 0 bridgehead atoms. The summed E-state index contributed by atoms with van der Waals surface area (Å²) in [6.45, 7) is 9.39. The van der Waals surface area contributed by atoms with Crippen LogP contribution in [0.3, 0.4) is 0 Å². The van der Waals surface area contributed by atoms with Gasteiger partial charge in [0.25, 0.3) is 5.91 Å². The summed E-state index contributed by atoms with van der Waals surface area (Å²) in [7, 11) is 1.45. The molecule has 0 heterocycles. The van der Waals surface area contributed by atoms with Gasteiger partial charge in [-0.3, -0.25) is 9.59 Å². The van der Waals surface area contributed by atoms with Crippen LogP contribution in [0.2, 0.25) is 5.02 Å². The molecule has 6 heteroatoms. The molecule has 0 atom stereocenters. The minimum absolute atomic E-state index is 0.257. The number of methoxy groups -OCH3 is 1. The highest BCUT2D eigenvalue weighted by Gasteiger charge is 2.20. The van der Waals surface area contributed by atoms with Crippen LogP contribution in [-0.4, -0.2) is 36.9 Å². The lowest BCUT2D eigenvalue weighted by Gasteiger charge is -2.21. The largest absolute Gasteiger partial charge is 0.496 e. The van der Waals surface area contributed by atoms with Gasteiger partial charge < -0.3 is 15.0 Å². The van der Waals surface area contributed by atoms with Crippen molar-refractivity contribution in [3.8, 4) is 5.75 Å². The van der Waals surface area contributed by atoms with Crippen LogP contribution in [0.1, 0.15) is 17.3 Å². The highest BCUT2D eigenvalue weighted by molar-refractivity contribution is 6.34. The zero-order chi connectivity index (χ0) is 16.7. The van der Waals surface area contributed by atoms with E-state index in [4.69, 9.17) is 16.3 Å². The Kier molecular flexibility index (Phi) is 6.66. The zero-order valence-corrected chi connectivity index (χ0v) is 13.4. The number of anilines is 1. The first-order valence-corrected chi connectivity index (χ1v) is 6.98. The van der Waals surface area contributed by atoms with E-state index in [1.807, 2.05) is 0 Å². The summed E-state index contributed by atoms with van der Waals surface area (Å²) in [5.74, 6) is -0.188. The number of nitrogens with one attached hydrogen (secondary N) is 1. The summed E-state index contributed by atoms with van der Waals surface area (Å²) >= 11 is 6.12. The summed E-state index contributed by atoms with van der Waals surface area (Å²) in [4.78, 5) is 25.3. The fourth-order valence-corrected chi connectivity index (χ4v) is 2.11. The van der Waals surface area contributed by atoms with E-state index >= 15 is 0 Å². The number of rotatable bonds is 7. The molecule has 1 aromatic carbocycles. The summed E-state index contributed by atoms with van der Waals surface area (Å²) in [5, 5.41) is 2.85. The van der Waals surface area contributed by atoms with E-state index in [0.29, 0.717) is 30.1 Å². The van der Waals surface area contributed by atoms with Gasteiger partial charge in [-0.2, -0.15) is 0 Å². The molecule has 0 radical (unpaired) electrons. The normalized spacial score (nSPS) is 9.77. The quantitative estimate of drug-likeness (QED) is 0.785. The number of carbonyl (C=O) groups is 2. The van der Waals surface area contributed by atoms with Gasteiger partial charge in [0.05, 0.1) is 23.4 Å². The molecular weight excluding hydrogens is 304 g/mol. The standard InChI is InChI=1S/C16H19ClN2O3/c1-5-7-19(8-6-2)16(21)12-9-13(17)14(18-11(3)20)10-15(12)22-4/h5-6,9-10H,1-2,7-8H2,3-4H3,(H,18,20). The lowest BCUT2D eigenvalue weighted by molar-refractivity contribution is -0.114. The van der Waals surface area contributed by atoms with Gasteiger partial charge in [0.15, 0.2) is 0 Å². The molecule has 0 fully saturated rings. The van der Waals surface area contributed by atoms with Crippen molar-refractivity contribution in [3.63, 3.8) is 0 Å². The average molecular weight is 323 g/mol. The molecule has 0 saturated carbocycles. The monoisotopic (exact) mass is 322 g/mol. The minimum atomic E-state index is -0.261. The van der Waals surface area contributed by atoms with E-state index in [1.54, 1.807) is 17.1 Å². The van der Waals surface area contributed by atoms with Crippen molar-refractivity contribution in [2.24, 2.45) is 0 Å². The van der Waals surface area contributed by atoms with E-state index in [2.05, 4.69) is 18.5 Å². The van der Waals surface area contributed by atoms with Crippen LogP contribution in [0, 0.1) is 0 Å². The number of carbonyl (C=O) groups excluding carboxylic acids is 2. The number of ether oxygens (including phenoxy) is 1. The SMILES string of the molecule is C=CCN(CC=C)C(=O)c1cc(Cl)c(NC(C)=O)cc1OC. The summed E-state index contributed by atoms with van der Waals surface area (Å²) < 4.78 is 5.24. The molecule has 118 valence electrons. The van der Waals surface area contributed by atoms with Crippen molar-refractivity contribution in [1.29, 1.82) is 0 Å². The van der Waals surface area contributed by atoms with E-state index in [9.17, 15) is 9.59 Å². The van der Waals surface area contributed by atoms with Crippen molar-refractivity contribution >= 4 is 29.1 Å². The van der Waals surface area contributed by atoms with Crippen LogP contribution in [0.5, 0.6) is 5.75 Å². The number of halogens is 1. The second-order valence-corrected chi connectivity index (χ2v) is 4.91. The molecule has 22 heavy (non-hydrogen) atoms. The van der Waals surface area contributed by atoms with Crippen molar-refractivity contribution in [2.75, 3.05) is 25.5 Å². The first kappa shape index (κ1) is 17.8. The number of amides is 2. The van der Waals surface area contributed by atoms with E-state index in [-0.39, 0.29) is 16.8 Å². The van der Waals surface area contributed by atoms with E-state index in [1.165, 1.54) is 26.2 Å². The predicted octanol–water partition coefficient (Wildman–Crippen LogP) is 3.12. The van der Waals surface area contributed by atoms with Crippen LogP contribution in [0.15, 0.2) is 37.4 Å². The smallest absolute Gasteiger partial charge is 0.258 e. The van der Waals surface area contributed by atoms with Gasteiger partial charge in [0.1, 0.15) is 5.75 Å². The Balaban J connectivity index is 3.24. The molecule has 2 amide bonds. The number of hydrogen-bond donors (Lipinski definition) is 1. The summed E-state index contributed by atoms with van der Waals surface area (Å²) in [6.07, 6.45) is 3.25. The fraction of sp³-hybridized carbons (Fsp3) is 0.250. The minimum Gasteiger partial charge on any atom is -0.496 e. The third-order valence-electron chi connectivity index (χ3n) is 2.82. The Labute approximate surface area is 135 Å². The molecule has 1 N–H and O–H groups in total. The Morgan fingerprint density at radius 1 is 1.32 bits per heavy atom. The molecule has 1 rings (SSSR count). The van der Waals surface area contributed by atoms with Crippen LogP contribution in [0.4, 0.5) is 5.69 Å². The summed E-state index contributed by atoms with van der Waals surface area (Å²) in [5.41, 5.74) is 0.701. The van der Waals surface area contributed by atoms with Crippen LogP contribution in [-0.2, 0) is 4.79 Å². The highest BCUT2D eigenvalue weighted by Crippen LogP contribution is 2.31. The second-order valence-electron chi connectivity index (χ2n) is 4.50. The molecule has 0 aliphatic carbocycles. The van der Waals surface area contributed by atoms with Crippen molar-refractivity contribution in [2.45, 2.75) is 6.92 Å². The number of nitrogens with zero attached hydrogens (tertiary/aromatic N) is 1. The highest BCUT2D eigenvalue weighted by atomic mass is 35.5. The topological polar surface area (TPSA) is 58.6 Å². The molecule has 0 aliphatic rings. The van der Waals surface area contributed by atoms with Gasteiger partial charge in [-0.1, -0.05) is 23.8 Å². The lowest BCUT2D eigenvalue weighted by atomic mass is 10.1. The van der Waals surface area contributed by atoms with Crippen molar-refractivity contribution in [3.05, 3.63) is 48.0 Å². The van der Waals surface area contributed by atoms with E-state index in [0.717, 1.165) is 0 Å². The average Bonchev–Trinajstić information content (AvgIpc) is 2.47. The molecule has 0 aromatic heterocycles. The maximum absolute atomic E-state index is 12.6. The maximum Gasteiger partial charge on any atom is 0.258 e. The van der Waals surface area contributed by atoms with Gasteiger partial charge in [-0.15, -0.1) is 13.2 Å². The first-order chi connectivity index (χ1) is 10.4. The Hall–Kier alpha value is -2.27. The molecule has 5 nitrogen and oxygen atoms in total. The van der Waals surface area contributed by atoms with Gasteiger partial charge in [0, 0.05) is 26.1 Å². The third-order valence-corrected chi connectivity index (χ3v) is 3.13. The Morgan fingerprint density at radius 2 is 1.91 bits per heavy atom. The van der Waals surface area contributed by atoms with E-state index < -0.39 is 0 Å². The zero-order valence-electron chi connectivity index (χ0n) is 12.7. The van der Waals surface area contributed by atoms with Gasteiger partial charge in [-0.05, 0) is 6.07 Å². The van der Waals surface area contributed by atoms with Crippen LogP contribution < -0.4 is 10.1 Å². The van der Waals surface area contributed by atoms with Gasteiger partial charge >= 0.3 is 0 Å². The predicted molar refractivity (Wildman–Crippen MR) is 88.6 cm³/mol. The molecule has 0 unspecified atom stereocenters. The van der Waals surface area contributed by atoms with Gasteiger partial charge in [0.2, 0.25) is 5.91 Å². The van der Waals surface area contributed by atoms with Gasteiger partial charge in [-0.25, -0.2) is 0 Å². The first-order valence-electron chi connectivity index (χ1n) is 6.60. The number of hydrogen-bond acceptors (Lipinski definition) is 3. The summed E-state index contributed by atoms with van der Waals surface area (Å²) in [6, 6.07) is 3.00. The Morgan fingerprint density at radius 3 is 2.36 bits per heavy atom. The lowest BCUT2D eigenvalue weighted by Crippen LogP contribution is -2.31. The maximum atomic E-state index is 12.6. The van der Waals surface area contributed by atoms with Crippen LogP contribution >= 0.6 is 11.6 Å². The van der Waals surface area contributed by atoms with Crippen LogP contribution in [0.25, 0.3) is 0 Å². The van der Waals surface area contributed by atoms with Crippen molar-refractivity contribution < 1.29 is 14.3 Å². The second kappa shape index (κ2) is 8.24. The molecule has 1 aromatic rings. The molecular formula is C16H19ClN2O3. The molecule has 0 spiro atoms. The number of benzene rings is 1. The molecule has 0 saturated heterocycles.